The van der Waals surface area contributed by atoms with Crippen molar-refractivity contribution >= 4 is 5.97 Å². The average molecular weight is 246 g/mol. The lowest BCUT2D eigenvalue weighted by atomic mass is 9.63. The van der Waals surface area contributed by atoms with E-state index in [1.807, 2.05) is 30.3 Å². The molecule has 1 aliphatic rings. The van der Waals surface area contributed by atoms with E-state index >= 15 is 0 Å². The molecule has 2 rings (SSSR count). The minimum Gasteiger partial charge on any atom is -0.481 e. The molecule has 1 N–H and O–H groups in total. The van der Waals surface area contributed by atoms with Gasteiger partial charge in [-0.1, -0.05) is 44.2 Å². The first kappa shape index (κ1) is 13.1. The summed E-state index contributed by atoms with van der Waals surface area (Å²) in [6, 6.07) is 10.0. The van der Waals surface area contributed by atoms with Crippen LogP contribution in [0.4, 0.5) is 0 Å². The molecule has 0 saturated heterocycles. The fraction of sp³-hybridized carbons (Fsp3) is 0.562. The summed E-state index contributed by atoms with van der Waals surface area (Å²) in [5.41, 5.74) is 0.895. The summed E-state index contributed by atoms with van der Waals surface area (Å²) in [6.07, 6.45) is 4.27. The van der Waals surface area contributed by atoms with Crippen molar-refractivity contribution in [2.24, 2.45) is 10.8 Å². The summed E-state index contributed by atoms with van der Waals surface area (Å²) in [4.78, 5) is 11.7. The molecular weight excluding hydrogens is 224 g/mol. The van der Waals surface area contributed by atoms with Gasteiger partial charge in [0.05, 0.1) is 5.41 Å². The van der Waals surface area contributed by atoms with Gasteiger partial charge >= 0.3 is 5.97 Å². The molecular formula is C16H22O2. The highest BCUT2D eigenvalue weighted by Gasteiger charge is 2.43. The first-order chi connectivity index (χ1) is 8.44. The fourth-order valence-corrected chi connectivity index (χ4v) is 2.86. The second kappa shape index (κ2) is 4.75. The van der Waals surface area contributed by atoms with Gasteiger partial charge in [-0.25, -0.2) is 0 Å². The summed E-state index contributed by atoms with van der Waals surface area (Å²) >= 11 is 0. The number of benzene rings is 1. The van der Waals surface area contributed by atoms with Crippen LogP contribution >= 0.6 is 0 Å². The van der Waals surface area contributed by atoms with Gasteiger partial charge in [-0.3, -0.25) is 4.79 Å². The van der Waals surface area contributed by atoms with Crippen LogP contribution in [0.25, 0.3) is 0 Å². The van der Waals surface area contributed by atoms with Crippen molar-refractivity contribution in [1.29, 1.82) is 0 Å². The van der Waals surface area contributed by atoms with Gasteiger partial charge < -0.3 is 5.11 Å². The maximum absolute atomic E-state index is 11.7. The van der Waals surface area contributed by atoms with Crippen molar-refractivity contribution in [3.63, 3.8) is 0 Å². The average Bonchev–Trinajstić information content (AvgIpc) is 2.33. The molecule has 1 saturated carbocycles. The van der Waals surface area contributed by atoms with Gasteiger partial charge in [0.25, 0.3) is 0 Å². The molecule has 0 radical (unpaired) electrons. The van der Waals surface area contributed by atoms with Crippen molar-refractivity contribution in [1.82, 2.24) is 0 Å². The topological polar surface area (TPSA) is 37.3 Å². The largest absolute Gasteiger partial charge is 0.481 e. The Labute approximate surface area is 109 Å². The summed E-state index contributed by atoms with van der Waals surface area (Å²) in [5.74, 6) is -0.623. The van der Waals surface area contributed by atoms with Crippen LogP contribution in [-0.2, 0) is 11.2 Å². The Morgan fingerprint density at radius 1 is 1.11 bits per heavy atom. The summed E-state index contributed by atoms with van der Waals surface area (Å²) < 4.78 is 0. The van der Waals surface area contributed by atoms with Crippen molar-refractivity contribution in [2.45, 2.75) is 46.0 Å². The zero-order valence-electron chi connectivity index (χ0n) is 11.3. The van der Waals surface area contributed by atoms with Crippen molar-refractivity contribution in [3.8, 4) is 0 Å². The highest BCUT2D eigenvalue weighted by atomic mass is 16.4. The van der Waals surface area contributed by atoms with Crippen molar-refractivity contribution < 1.29 is 9.90 Å². The molecule has 0 heterocycles. The Hall–Kier alpha value is -1.31. The van der Waals surface area contributed by atoms with Crippen molar-refractivity contribution in [3.05, 3.63) is 35.9 Å². The summed E-state index contributed by atoms with van der Waals surface area (Å²) in [6.45, 7) is 4.47. The monoisotopic (exact) mass is 246 g/mol. The SMILES string of the molecule is CC1(C)CCC(Cc2ccccc2)(C(=O)O)CC1. The number of hydrogen-bond acceptors (Lipinski definition) is 1. The van der Waals surface area contributed by atoms with E-state index in [0.29, 0.717) is 11.8 Å². The zero-order valence-corrected chi connectivity index (χ0v) is 11.3. The molecule has 0 aliphatic heterocycles. The van der Waals surface area contributed by atoms with Crippen LogP contribution in [0.2, 0.25) is 0 Å². The van der Waals surface area contributed by atoms with Gasteiger partial charge in [0.2, 0.25) is 0 Å². The Kier molecular flexibility index (Phi) is 3.47. The second-order valence-electron chi connectivity index (χ2n) is 6.41. The van der Waals surface area contributed by atoms with Gasteiger partial charge in [-0.2, -0.15) is 0 Å². The van der Waals surface area contributed by atoms with E-state index in [2.05, 4.69) is 13.8 Å². The van der Waals surface area contributed by atoms with E-state index in [9.17, 15) is 9.90 Å². The molecule has 0 amide bonds. The van der Waals surface area contributed by atoms with E-state index in [1.165, 1.54) is 0 Å². The van der Waals surface area contributed by atoms with Gasteiger partial charge in [0, 0.05) is 0 Å². The number of hydrogen-bond donors (Lipinski definition) is 1. The maximum atomic E-state index is 11.7. The van der Waals surface area contributed by atoms with Crippen LogP contribution in [0.5, 0.6) is 0 Å². The molecule has 2 heteroatoms. The molecule has 18 heavy (non-hydrogen) atoms. The number of carboxylic acids is 1. The normalized spacial score (nSPS) is 21.4. The lowest BCUT2D eigenvalue weighted by Crippen LogP contribution is -2.39. The van der Waals surface area contributed by atoms with Crippen LogP contribution in [0.1, 0.15) is 45.1 Å². The predicted molar refractivity (Wildman–Crippen MR) is 72.5 cm³/mol. The molecule has 0 aromatic heterocycles. The zero-order chi connectivity index (χ0) is 13.2. The van der Waals surface area contributed by atoms with Crippen LogP contribution in [0, 0.1) is 10.8 Å². The van der Waals surface area contributed by atoms with E-state index < -0.39 is 11.4 Å². The third-order valence-electron chi connectivity index (χ3n) is 4.40. The minimum atomic E-state index is -0.623. The lowest BCUT2D eigenvalue weighted by molar-refractivity contribution is -0.152. The molecule has 0 bridgehead atoms. The minimum absolute atomic E-state index is 0.301. The Balaban J connectivity index is 2.17. The molecule has 1 aliphatic carbocycles. The van der Waals surface area contributed by atoms with Gasteiger partial charge in [0.1, 0.15) is 0 Å². The Morgan fingerprint density at radius 2 is 1.67 bits per heavy atom. The summed E-state index contributed by atoms with van der Waals surface area (Å²) in [5, 5.41) is 9.62. The van der Waals surface area contributed by atoms with E-state index in [1.54, 1.807) is 0 Å². The van der Waals surface area contributed by atoms with E-state index in [-0.39, 0.29) is 0 Å². The fourth-order valence-electron chi connectivity index (χ4n) is 2.86. The predicted octanol–water partition coefficient (Wildman–Crippen LogP) is 3.90. The first-order valence-electron chi connectivity index (χ1n) is 6.71. The maximum Gasteiger partial charge on any atom is 0.309 e. The third-order valence-corrected chi connectivity index (χ3v) is 4.40. The quantitative estimate of drug-likeness (QED) is 0.878. The smallest absolute Gasteiger partial charge is 0.309 e. The second-order valence-corrected chi connectivity index (χ2v) is 6.41. The van der Waals surface area contributed by atoms with Gasteiger partial charge in [-0.15, -0.1) is 0 Å². The number of carbonyl (C=O) groups is 1. The Bertz CT molecular complexity index is 410. The first-order valence-corrected chi connectivity index (χ1v) is 6.71. The number of aliphatic carboxylic acids is 1. The number of rotatable bonds is 3. The molecule has 1 aromatic rings. The van der Waals surface area contributed by atoms with Crippen LogP contribution in [-0.4, -0.2) is 11.1 Å². The van der Waals surface area contributed by atoms with E-state index in [0.717, 1.165) is 31.2 Å². The number of carboxylic acid groups (broad SMARTS) is 1. The van der Waals surface area contributed by atoms with Crippen molar-refractivity contribution in [2.75, 3.05) is 0 Å². The van der Waals surface area contributed by atoms with E-state index in [4.69, 9.17) is 0 Å². The van der Waals surface area contributed by atoms with Gasteiger partial charge in [0.15, 0.2) is 0 Å². The van der Waals surface area contributed by atoms with Crippen LogP contribution in [0.15, 0.2) is 30.3 Å². The lowest BCUT2D eigenvalue weighted by Gasteiger charge is -2.41. The molecule has 0 unspecified atom stereocenters. The highest BCUT2D eigenvalue weighted by Crippen LogP contribution is 2.46. The molecule has 2 nitrogen and oxygen atoms in total. The van der Waals surface area contributed by atoms with Gasteiger partial charge in [-0.05, 0) is 43.1 Å². The highest BCUT2D eigenvalue weighted by molar-refractivity contribution is 5.75. The van der Waals surface area contributed by atoms with Crippen LogP contribution < -0.4 is 0 Å². The molecule has 1 fully saturated rings. The van der Waals surface area contributed by atoms with Crippen LogP contribution in [0.3, 0.4) is 0 Å². The standard InChI is InChI=1S/C16H22O2/c1-15(2)8-10-16(11-9-15,14(17)18)12-13-6-4-3-5-7-13/h3-7H,8-12H2,1-2H3,(H,17,18). The molecule has 0 atom stereocenters. The molecule has 1 aromatic carbocycles. The molecule has 0 spiro atoms. The Morgan fingerprint density at radius 3 is 2.17 bits per heavy atom. The molecule has 98 valence electrons. The third kappa shape index (κ3) is 2.74. The summed E-state index contributed by atoms with van der Waals surface area (Å²) in [7, 11) is 0.